The van der Waals surface area contributed by atoms with Gasteiger partial charge in [0.05, 0.1) is 19.2 Å². The number of nitrogens with one attached hydrogen (secondary N) is 1. The van der Waals surface area contributed by atoms with Crippen LogP contribution in [-0.4, -0.2) is 64.0 Å². The second-order valence-corrected chi connectivity index (χ2v) is 11.4. The van der Waals surface area contributed by atoms with E-state index in [2.05, 4.69) is 5.32 Å². The molecular formula is C27H34ClN3O6. The Morgan fingerprint density at radius 2 is 1.92 bits per heavy atom. The summed E-state index contributed by atoms with van der Waals surface area (Å²) in [6.07, 6.45) is 1.07. The largest absolute Gasteiger partial charge is 0.447 e. The van der Waals surface area contributed by atoms with Gasteiger partial charge in [0, 0.05) is 24.4 Å². The van der Waals surface area contributed by atoms with Gasteiger partial charge in [-0.2, -0.15) is 0 Å². The lowest BCUT2D eigenvalue weighted by Gasteiger charge is -2.26. The van der Waals surface area contributed by atoms with Gasteiger partial charge in [0.2, 0.25) is 5.91 Å². The Bertz CT molecular complexity index is 1120. The first-order valence-electron chi connectivity index (χ1n) is 13.2. The Labute approximate surface area is 221 Å². The number of hydrogen-bond acceptors (Lipinski definition) is 6. The van der Waals surface area contributed by atoms with Crippen molar-refractivity contribution in [3.8, 4) is 0 Å². The predicted octanol–water partition coefficient (Wildman–Crippen LogP) is 4.04. The molecule has 5 rings (SSSR count). The third kappa shape index (κ3) is 5.02. The van der Waals surface area contributed by atoms with Crippen LogP contribution in [0.4, 0.5) is 9.59 Å². The minimum atomic E-state index is -0.892. The molecule has 37 heavy (non-hydrogen) atoms. The number of ketones is 1. The Morgan fingerprint density at radius 3 is 2.57 bits per heavy atom. The first-order valence-corrected chi connectivity index (χ1v) is 13.5. The molecule has 2 saturated carbocycles. The van der Waals surface area contributed by atoms with E-state index in [-0.39, 0.29) is 30.8 Å². The summed E-state index contributed by atoms with van der Waals surface area (Å²) in [5.41, 5.74) is 1.03. The lowest BCUT2D eigenvalue weighted by molar-refractivity contribution is -0.131. The maximum absolute atomic E-state index is 13.5. The fourth-order valence-electron chi connectivity index (χ4n) is 5.84. The second kappa shape index (κ2) is 9.82. The van der Waals surface area contributed by atoms with Crippen LogP contribution in [0.25, 0.3) is 0 Å². The van der Waals surface area contributed by atoms with Crippen molar-refractivity contribution in [2.45, 2.75) is 89.8 Å². The summed E-state index contributed by atoms with van der Waals surface area (Å²) < 4.78 is 11.1. The number of Topliss-reactive ketones (excluding diaryl/α,β-unsaturated/α-hetero) is 1. The quantitative estimate of drug-likeness (QED) is 0.569. The minimum Gasteiger partial charge on any atom is -0.447 e. The van der Waals surface area contributed by atoms with Gasteiger partial charge in [0.15, 0.2) is 5.78 Å². The highest BCUT2D eigenvalue weighted by molar-refractivity contribution is 6.31. The molecule has 0 spiro atoms. The molecule has 2 heterocycles. The zero-order chi connectivity index (χ0) is 26.5. The van der Waals surface area contributed by atoms with E-state index in [0.717, 1.165) is 24.0 Å². The number of amides is 3. The van der Waals surface area contributed by atoms with Gasteiger partial charge in [-0.15, -0.1) is 0 Å². The molecule has 4 atom stereocenters. The SMILES string of the molecule is CCC(=O)C1(NC(=O)C2CC(OC(=O)N3Cc4cccc(Cl)c4C3)CN2C(=O)OC(C)C)CC1C1CC1. The number of carbonyl (C=O) groups excluding carboxylic acids is 4. The van der Waals surface area contributed by atoms with Crippen LogP contribution < -0.4 is 5.32 Å². The van der Waals surface area contributed by atoms with Gasteiger partial charge in [-0.3, -0.25) is 19.4 Å². The van der Waals surface area contributed by atoms with E-state index >= 15 is 0 Å². The Morgan fingerprint density at radius 1 is 1.16 bits per heavy atom. The van der Waals surface area contributed by atoms with E-state index in [1.807, 2.05) is 12.1 Å². The van der Waals surface area contributed by atoms with E-state index in [1.54, 1.807) is 31.7 Å². The van der Waals surface area contributed by atoms with Crippen LogP contribution in [0.5, 0.6) is 0 Å². The van der Waals surface area contributed by atoms with Crippen molar-refractivity contribution >= 4 is 35.5 Å². The van der Waals surface area contributed by atoms with Gasteiger partial charge in [0.25, 0.3) is 0 Å². The summed E-state index contributed by atoms with van der Waals surface area (Å²) in [7, 11) is 0. The van der Waals surface area contributed by atoms with E-state index in [4.69, 9.17) is 21.1 Å². The summed E-state index contributed by atoms with van der Waals surface area (Å²) in [6.45, 7) is 6.03. The monoisotopic (exact) mass is 531 g/mol. The normalized spacial score (nSPS) is 28.2. The highest BCUT2D eigenvalue weighted by Crippen LogP contribution is 2.57. The molecule has 1 N–H and O–H groups in total. The minimum absolute atomic E-state index is 0.0299. The number of hydrogen-bond donors (Lipinski definition) is 1. The number of halogens is 1. The highest BCUT2D eigenvalue weighted by Gasteiger charge is 2.65. The molecule has 0 radical (unpaired) electrons. The van der Waals surface area contributed by atoms with Crippen molar-refractivity contribution in [2.24, 2.45) is 11.8 Å². The van der Waals surface area contributed by atoms with Crippen molar-refractivity contribution in [2.75, 3.05) is 6.54 Å². The van der Waals surface area contributed by atoms with Crippen LogP contribution in [0.2, 0.25) is 5.02 Å². The smallest absolute Gasteiger partial charge is 0.410 e. The lowest BCUT2D eigenvalue weighted by atomic mass is 10.0. The number of rotatable bonds is 7. The highest BCUT2D eigenvalue weighted by atomic mass is 35.5. The van der Waals surface area contributed by atoms with Gasteiger partial charge < -0.3 is 14.8 Å². The molecule has 3 amide bonds. The van der Waals surface area contributed by atoms with Crippen LogP contribution in [-0.2, 0) is 32.2 Å². The van der Waals surface area contributed by atoms with Crippen LogP contribution in [0.1, 0.15) is 64.0 Å². The van der Waals surface area contributed by atoms with E-state index < -0.39 is 35.8 Å². The van der Waals surface area contributed by atoms with E-state index in [9.17, 15) is 19.2 Å². The Hall–Kier alpha value is -2.81. The Balaban J connectivity index is 1.27. The molecule has 1 saturated heterocycles. The van der Waals surface area contributed by atoms with Crippen LogP contribution >= 0.6 is 11.6 Å². The maximum atomic E-state index is 13.5. The number of nitrogens with zero attached hydrogens (tertiary/aromatic N) is 2. The van der Waals surface area contributed by atoms with Gasteiger partial charge in [-0.25, -0.2) is 9.59 Å². The zero-order valence-electron chi connectivity index (χ0n) is 21.5. The molecule has 1 aromatic rings. The molecule has 2 aliphatic heterocycles. The van der Waals surface area contributed by atoms with E-state index in [0.29, 0.717) is 36.9 Å². The molecule has 9 nitrogen and oxygen atoms in total. The summed E-state index contributed by atoms with van der Waals surface area (Å²) in [5.74, 6) is 0.277. The molecule has 0 bridgehead atoms. The fourth-order valence-corrected chi connectivity index (χ4v) is 6.09. The molecule has 2 aliphatic carbocycles. The number of ether oxygens (including phenoxy) is 2. The lowest BCUT2D eigenvalue weighted by Crippen LogP contribution is -2.53. The number of carbonyl (C=O) groups is 4. The van der Waals surface area contributed by atoms with Gasteiger partial charge in [0.1, 0.15) is 17.7 Å². The first kappa shape index (κ1) is 25.8. The molecule has 3 fully saturated rings. The van der Waals surface area contributed by atoms with E-state index in [1.165, 1.54) is 4.90 Å². The van der Waals surface area contributed by atoms with Gasteiger partial charge >= 0.3 is 12.2 Å². The molecule has 10 heteroatoms. The summed E-state index contributed by atoms with van der Waals surface area (Å²) in [4.78, 5) is 55.1. The second-order valence-electron chi connectivity index (χ2n) is 11.0. The predicted molar refractivity (Wildman–Crippen MR) is 135 cm³/mol. The van der Waals surface area contributed by atoms with Crippen molar-refractivity contribution in [1.29, 1.82) is 0 Å². The average Bonchev–Trinajstić information content (AvgIpc) is 3.72. The average molecular weight is 532 g/mol. The number of fused-ring (bicyclic) bond motifs is 1. The van der Waals surface area contributed by atoms with Crippen molar-refractivity contribution in [1.82, 2.24) is 15.1 Å². The Kier molecular flexibility index (Phi) is 6.85. The van der Waals surface area contributed by atoms with Gasteiger partial charge in [-0.1, -0.05) is 30.7 Å². The third-order valence-corrected chi connectivity index (χ3v) is 8.31. The van der Waals surface area contributed by atoms with Gasteiger partial charge in [-0.05, 0) is 62.1 Å². The van der Waals surface area contributed by atoms with Crippen LogP contribution in [0, 0.1) is 11.8 Å². The molecule has 4 aliphatic rings. The topological polar surface area (TPSA) is 105 Å². The number of likely N-dealkylation sites (tertiary alicyclic amines) is 1. The molecule has 1 aromatic carbocycles. The standard InChI is InChI=1S/C27H34ClN3O6/c1-4-23(32)27(11-20(27)16-8-9-16)29-24(33)22-10-18(13-31(22)26(35)36-15(2)3)37-25(34)30-12-17-6-5-7-21(28)19(17)14-30/h5-7,15-16,18,20,22H,4,8-14H2,1-3H3,(H,29,33). The third-order valence-electron chi connectivity index (χ3n) is 7.96. The zero-order valence-corrected chi connectivity index (χ0v) is 22.3. The van der Waals surface area contributed by atoms with Crippen LogP contribution in [0.3, 0.4) is 0 Å². The molecule has 0 aromatic heterocycles. The first-order chi connectivity index (χ1) is 17.6. The summed E-state index contributed by atoms with van der Waals surface area (Å²) in [5, 5.41) is 3.62. The number of benzene rings is 1. The van der Waals surface area contributed by atoms with Crippen LogP contribution in [0.15, 0.2) is 18.2 Å². The van der Waals surface area contributed by atoms with Crippen molar-refractivity contribution in [3.63, 3.8) is 0 Å². The summed E-state index contributed by atoms with van der Waals surface area (Å²) in [6, 6.07) is 4.67. The fraction of sp³-hybridized carbons (Fsp3) is 0.630. The molecule has 200 valence electrons. The van der Waals surface area contributed by atoms with Crippen molar-refractivity contribution in [3.05, 3.63) is 34.3 Å². The molecular weight excluding hydrogens is 498 g/mol. The maximum Gasteiger partial charge on any atom is 0.410 e. The summed E-state index contributed by atoms with van der Waals surface area (Å²) >= 11 is 6.28. The molecule has 4 unspecified atom stereocenters. The van der Waals surface area contributed by atoms with Crippen molar-refractivity contribution < 1.29 is 28.7 Å².